The van der Waals surface area contributed by atoms with Gasteiger partial charge in [0, 0.05) is 0 Å². The minimum atomic E-state index is 0.861. The van der Waals surface area contributed by atoms with Gasteiger partial charge in [-0.3, -0.25) is 0 Å². The van der Waals surface area contributed by atoms with Crippen LogP contribution in [0, 0.1) is 0 Å². The Hall–Kier alpha value is -0.780. The fraction of sp³-hybridized carbons (Fsp3) is 0.667. The summed E-state index contributed by atoms with van der Waals surface area (Å²) in [5.74, 6) is 0.861. The normalized spacial score (nSPS) is 13.9. The van der Waals surface area contributed by atoms with Crippen molar-refractivity contribution < 1.29 is 0 Å². The van der Waals surface area contributed by atoms with E-state index in [-0.39, 0.29) is 0 Å². The summed E-state index contributed by atoms with van der Waals surface area (Å²) < 4.78 is 0. The second-order valence-corrected chi connectivity index (χ2v) is 3.75. The lowest BCUT2D eigenvalue weighted by molar-refractivity contribution is 0.443. The van der Waals surface area contributed by atoms with Gasteiger partial charge >= 0.3 is 0 Å². The molecule has 0 radical (unpaired) electrons. The van der Waals surface area contributed by atoms with E-state index < -0.39 is 0 Å². The molecule has 1 fully saturated rings. The molecule has 0 N–H and O–H groups in total. The van der Waals surface area contributed by atoms with E-state index in [9.17, 15) is 0 Å². The predicted molar refractivity (Wildman–Crippen MR) is 86.3 cm³/mol. The monoisotopic (exact) mass is 250 g/mol. The second-order valence-electron chi connectivity index (χ2n) is 3.75. The Morgan fingerprint density at radius 3 is 1.56 bits per heavy atom. The molecule has 18 heavy (non-hydrogen) atoms. The molecule has 0 saturated heterocycles. The van der Waals surface area contributed by atoms with E-state index in [1.807, 2.05) is 41.5 Å². The van der Waals surface area contributed by atoms with Crippen LogP contribution in [0.5, 0.6) is 0 Å². The summed E-state index contributed by atoms with van der Waals surface area (Å²) in [6.07, 6.45) is 7.12. The minimum Gasteiger partial charge on any atom is -0.0683 e. The van der Waals surface area contributed by atoms with Crippen LogP contribution in [-0.2, 0) is 0 Å². The quantitative estimate of drug-likeness (QED) is 0.513. The average Bonchev–Trinajstić information content (AvgIpc) is 2.55. The topological polar surface area (TPSA) is 0 Å². The van der Waals surface area contributed by atoms with Crippen LogP contribution < -0.4 is 0 Å². The largest absolute Gasteiger partial charge is 0.0683 e. The van der Waals surface area contributed by atoms with Crippen molar-refractivity contribution in [1.82, 2.24) is 0 Å². The standard InChI is InChI=1S/C12H16.3C2H6/c1-3-7-11(8-4-1)12-9-5-2-6-10-12;3*1-2/h1,3-4,7-8,12H,2,5-6,9-10H2;3*1-2H3. The summed E-state index contributed by atoms with van der Waals surface area (Å²) in [6, 6.07) is 11.0. The van der Waals surface area contributed by atoms with E-state index in [4.69, 9.17) is 0 Å². The lowest BCUT2D eigenvalue weighted by Gasteiger charge is -2.21. The SMILES string of the molecule is CC.CC.CC.c1ccc(C2CCCCC2)cc1. The van der Waals surface area contributed by atoms with E-state index in [2.05, 4.69) is 30.3 Å². The summed E-state index contributed by atoms with van der Waals surface area (Å²) in [7, 11) is 0. The Balaban J connectivity index is 0. The summed E-state index contributed by atoms with van der Waals surface area (Å²) in [5, 5.41) is 0. The van der Waals surface area contributed by atoms with Crippen molar-refractivity contribution in [3.8, 4) is 0 Å². The highest BCUT2D eigenvalue weighted by Crippen LogP contribution is 2.31. The maximum Gasteiger partial charge on any atom is -0.0162 e. The van der Waals surface area contributed by atoms with Crippen LogP contribution in [0.1, 0.15) is 85.1 Å². The van der Waals surface area contributed by atoms with Gasteiger partial charge in [0.2, 0.25) is 0 Å². The van der Waals surface area contributed by atoms with Crippen LogP contribution in [0.3, 0.4) is 0 Å². The molecule has 0 heteroatoms. The molecule has 0 aromatic heterocycles. The van der Waals surface area contributed by atoms with Crippen LogP contribution in [-0.4, -0.2) is 0 Å². The molecule has 0 amide bonds. The highest BCUT2D eigenvalue weighted by atomic mass is 14.2. The molecule has 106 valence electrons. The molecule has 1 aromatic carbocycles. The van der Waals surface area contributed by atoms with Gasteiger partial charge in [0.15, 0.2) is 0 Å². The number of hydrogen-bond donors (Lipinski definition) is 0. The Labute approximate surface area is 116 Å². The lowest BCUT2D eigenvalue weighted by atomic mass is 9.84. The Morgan fingerprint density at radius 2 is 1.11 bits per heavy atom. The first-order chi connectivity index (χ1) is 8.97. The van der Waals surface area contributed by atoms with Crippen LogP contribution in [0.2, 0.25) is 0 Å². The molecule has 2 rings (SSSR count). The molecule has 0 heterocycles. The van der Waals surface area contributed by atoms with E-state index in [1.54, 1.807) is 5.56 Å². The third-order valence-corrected chi connectivity index (χ3v) is 2.88. The number of benzene rings is 1. The van der Waals surface area contributed by atoms with E-state index in [0.717, 1.165) is 5.92 Å². The summed E-state index contributed by atoms with van der Waals surface area (Å²) in [5.41, 5.74) is 1.55. The molecule has 1 aromatic rings. The third kappa shape index (κ3) is 8.33. The third-order valence-electron chi connectivity index (χ3n) is 2.88. The first-order valence-corrected chi connectivity index (χ1v) is 8.02. The minimum absolute atomic E-state index is 0.861. The Bertz CT molecular complexity index is 219. The van der Waals surface area contributed by atoms with Gasteiger partial charge in [0.1, 0.15) is 0 Å². The van der Waals surface area contributed by atoms with Crippen molar-refractivity contribution in [2.24, 2.45) is 0 Å². The zero-order valence-corrected chi connectivity index (χ0v) is 13.5. The molecule has 0 spiro atoms. The average molecular weight is 250 g/mol. The summed E-state index contributed by atoms with van der Waals surface area (Å²) in [4.78, 5) is 0. The van der Waals surface area contributed by atoms with Crippen molar-refractivity contribution in [1.29, 1.82) is 0 Å². The van der Waals surface area contributed by atoms with Crippen molar-refractivity contribution in [2.45, 2.75) is 79.6 Å². The molecule has 0 atom stereocenters. The summed E-state index contributed by atoms with van der Waals surface area (Å²) >= 11 is 0. The van der Waals surface area contributed by atoms with Crippen molar-refractivity contribution in [3.63, 3.8) is 0 Å². The molecular weight excluding hydrogens is 216 g/mol. The highest BCUT2D eigenvalue weighted by Gasteiger charge is 2.14. The van der Waals surface area contributed by atoms with Crippen LogP contribution >= 0.6 is 0 Å². The molecule has 1 saturated carbocycles. The van der Waals surface area contributed by atoms with Crippen molar-refractivity contribution in [2.75, 3.05) is 0 Å². The molecule has 1 aliphatic carbocycles. The number of hydrogen-bond acceptors (Lipinski definition) is 0. The fourth-order valence-corrected chi connectivity index (χ4v) is 2.16. The molecule has 0 bridgehead atoms. The zero-order valence-electron chi connectivity index (χ0n) is 13.5. The van der Waals surface area contributed by atoms with Gasteiger partial charge in [-0.15, -0.1) is 0 Å². The zero-order chi connectivity index (χ0) is 14.2. The summed E-state index contributed by atoms with van der Waals surface area (Å²) in [6.45, 7) is 12.0. The Morgan fingerprint density at radius 1 is 0.667 bits per heavy atom. The highest BCUT2D eigenvalue weighted by molar-refractivity contribution is 5.19. The van der Waals surface area contributed by atoms with Crippen molar-refractivity contribution >= 4 is 0 Å². The Kier molecular flexibility index (Phi) is 17.6. The molecular formula is C18H34. The predicted octanol–water partition coefficient (Wildman–Crippen LogP) is 6.81. The van der Waals surface area contributed by atoms with Gasteiger partial charge in [0.25, 0.3) is 0 Å². The van der Waals surface area contributed by atoms with Crippen molar-refractivity contribution in [3.05, 3.63) is 35.9 Å². The van der Waals surface area contributed by atoms with Crippen LogP contribution in [0.4, 0.5) is 0 Å². The van der Waals surface area contributed by atoms with Gasteiger partial charge in [-0.2, -0.15) is 0 Å². The van der Waals surface area contributed by atoms with Gasteiger partial charge in [0.05, 0.1) is 0 Å². The maximum absolute atomic E-state index is 2.27. The van der Waals surface area contributed by atoms with E-state index in [0.29, 0.717) is 0 Å². The van der Waals surface area contributed by atoms with Gasteiger partial charge in [-0.05, 0) is 24.3 Å². The first kappa shape index (κ1) is 19.6. The molecule has 0 nitrogen and oxygen atoms in total. The first-order valence-electron chi connectivity index (χ1n) is 8.02. The molecule has 0 aliphatic heterocycles. The molecule has 0 unspecified atom stereocenters. The van der Waals surface area contributed by atoms with Gasteiger partial charge < -0.3 is 0 Å². The lowest BCUT2D eigenvalue weighted by Crippen LogP contribution is -2.03. The van der Waals surface area contributed by atoms with Crippen LogP contribution in [0.25, 0.3) is 0 Å². The van der Waals surface area contributed by atoms with Gasteiger partial charge in [-0.25, -0.2) is 0 Å². The molecule has 1 aliphatic rings. The van der Waals surface area contributed by atoms with E-state index >= 15 is 0 Å². The second kappa shape index (κ2) is 16.2. The number of rotatable bonds is 1. The maximum atomic E-state index is 2.27. The van der Waals surface area contributed by atoms with Gasteiger partial charge in [-0.1, -0.05) is 91.1 Å². The van der Waals surface area contributed by atoms with E-state index in [1.165, 1.54) is 32.1 Å². The van der Waals surface area contributed by atoms with Crippen LogP contribution in [0.15, 0.2) is 30.3 Å². The smallest absolute Gasteiger partial charge is 0.0162 e. The fourth-order valence-electron chi connectivity index (χ4n) is 2.16.